The Bertz CT molecular complexity index is 1050. The highest BCUT2D eigenvalue weighted by Crippen LogP contribution is 2.46. The van der Waals surface area contributed by atoms with Gasteiger partial charge in [-0.25, -0.2) is 9.97 Å². The van der Waals surface area contributed by atoms with Crippen LogP contribution < -0.4 is 5.73 Å². The summed E-state index contributed by atoms with van der Waals surface area (Å²) in [5.74, 6) is 0.650. The van der Waals surface area contributed by atoms with Crippen LogP contribution in [0.5, 0.6) is 0 Å². The molecule has 3 aliphatic rings. The van der Waals surface area contributed by atoms with Crippen molar-refractivity contribution in [2.75, 3.05) is 0 Å². The third-order valence-corrected chi connectivity index (χ3v) is 4.59. The van der Waals surface area contributed by atoms with Crippen LogP contribution >= 0.6 is 0 Å². The molecule has 5 rings (SSSR count). The van der Waals surface area contributed by atoms with Gasteiger partial charge in [-0.15, -0.1) is 0 Å². The summed E-state index contributed by atoms with van der Waals surface area (Å²) in [7, 11) is 0. The predicted octanol–water partition coefficient (Wildman–Crippen LogP) is 3.32. The van der Waals surface area contributed by atoms with Gasteiger partial charge in [-0.1, -0.05) is 42.5 Å². The monoisotopic (exact) mass is 314 g/mol. The lowest BCUT2D eigenvalue weighted by Gasteiger charge is -2.07. The zero-order chi connectivity index (χ0) is 16.3. The van der Waals surface area contributed by atoms with E-state index in [1.54, 1.807) is 18.5 Å². The summed E-state index contributed by atoms with van der Waals surface area (Å²) in [5, 5.41) is 9.56. The number of imidazole rings is 1. The van der Waals surface area contributed by atoms with Gasteiger partial charge in [0, 0.05) is 11.8 Å². The average molecular weight is 314 g/mol. The molecule has 0 spiro atoms. The first kappa shape index (κ1) is 13.3. The number of pyridine rings is 1. The molecule has 0 saturated heterocycles. The standard InChI is InChI=1S/C19H14N4O/c20-18-12-5-2-1-4-11(12)17-13(18)6-3-7-14(17)19-21-15-8-9-23(24)10-16(15)22-19/h1-10,18,24H,20H2. The summed E-state index contributed by atoms with van der Waals surface area (Å²) >= 11 is 0. The SMILES string of the molecule is NC1c2ccccc2-c2c(-c3nc4ccn(O)cc-4n3)cccc21. The van der Waals surface area contributed by atoms with Crippen molar-refractivity contribution < 1.29 is 5.21 Å². The van der Waals surface area contributed by atoms with Crippen molar-refractivity contribution in [1.29, 1.82) is 0 Å². The molecular formula is C19H14N4O. The van der Waals surface area contributed by atoms with E-state index < -0.39 is 0 Å². The molecule has 2 aromatic rings. The lowest BCUT2D eigenvalue weighted by atomic mass is 9.99. The molecule has 1 atom stereocenters. The maximum atomic E-state index is 9.56. The van der Waals surface area contributed by atoms with Crippen LogP contribution in [0.15, 0.2) is 60.9 Å². The summed E-state index contributed by atoms with van der Waals surface area (Å²) in [6, 6.07) is 15.9. The first-order valence-electron chi connectivity index (χ1n) is 7.75. The number of aromatic nitrogens is 3. The van der Waals surface area contributed by atoms with E-state index in [1.165, 1.54) is 0 Å². The number of hydrogen-bond donors (Lipinski definition) is 2. The van der Waals surface area contributed by atoms with Gasteiger partial charge in [-0.2, -0.15) is 4.73 Å². The van der Waals surface area contributed by atoms with Gasteiger partial charge in [-0.05, 0) is 28.3 Å². The van der Waals surface area contributed by atoms with Crippen molar-refractivity contribution in [3.05, 3.63) is 72.1 Å². The van der Waals surface area contributed by atoms with Crippen molar-refractivity contribution in [3.8, 4) is 33.9 Å². The predicted molar refractivity (Wildman–Crippen MR) is 90.7 cm³/mol. The Kier molecular flexibility index (Phi) is 2.58. The van der Waals surface area contributed by atoms with Gasteiger partial charge in [-0.3, -0.25) is 0 Å². The molecule has 2 aliphatic heterocycles. The number of nitrogens with zero attached hydrogens (tertiary/aromatic N) is 3. The van der Waals surface area contributed by atoms with Gasteiger partial charge in [0.15, 0.2) is 5.82 Å². The highest BCUT2D eigenvalue weighted by atomic mass is 16.5. The maximum absolute atomic E-state index is 9.56. The van der Waals surface area contributed by atoms with Crippen LogP contribution in [-0.2, 0) is 0 Å². The summed E-state index contributed by atoms with van der Waals surface area (Å²) in [5.41, 5.74) is 13.3. The molecule has 5 heteroatoms. The van der Waals surface area contributed by atoms with Gasteiger partial charge in [0.1, 0.15) is 5.69 Å². The summed E-state index contributed by atoms with van der Waals surface area (Å²) in [6.07, 6.45) is 3.09. The topological polar surface area (TPSA) is 77.0 Å². The Morgan fingerprint density at radius 3 is 2.54 bits per heavy atom. The molecule has 0 saturated carbocycles. The Morgan fingerprint density at radius 2 is 1.62 bits per heavy atom. The van der Waals surface area contributed by atoms with Crippen molar-refractivity contribution >= 4 is 0 Å². The zero-order valence-electron chi connectivity index (χ0n) is 12.7. The second kappa shape index (κ2) is 4.66. The average Bonchev–Trinajstić information content (AvgIpc) is 3.15. The first-order valence-corrected chi connectivity index (χ1v) is 7.75. The van der Waals surface area contributed by atoms with Crippen molar-refractivity contribution in [1.82, 2.24) is 14.7 Å². The fourth-order valence-corrected chi connectivity index (χ4v) is 3.50. The first-order chi connectivity index (χ1) is 11.7. The van der Waals surface area contributed by atoms with E-state index in [1.807, 2.05) is 24.3 Å². The van der Waals surface area contributed by atoms with Crippen LogP contribution in [0.1, 0.15) is 17.2 Å². The number of rotatable bonds is 1. The number of benzene rings is 2. The van der Waals surface area contributed by atoms with Crippen LogP contribution in [0.3, 0.4) is 0 Å². The Morgan fingerprint density at radius 1 is 0.875 bits per heavy atom. The lowest BCUT2D eigenvalue weighted by molar-refractivity contribution is 0.184. The summed E-state index contributed by atoms with van der Waals surface area (Å²) in [4.78, 5) is 9.21. The van der Waals surface area contributed by atoms with Crippen LogP contribution in [-0.4, -0.2) is 19.9 Å². The minimum absolute atomic E-state index is 0.125. The summed E-state index contributed by atoms with van der Waals surface area (Å²) in [6.45, 7) is 0. The molecule has 3 N–H and O–H groups in total. The molecule has 0 radical (unpaired) electrons. The molecule has 0 bridgehead atoms. The van der Waals surface area contributed by atoms with E-state index in [9.17, 15) is 5.21 Å². The normalized spacial score (nSPS) is 15.5. The smallest absolute Gasteiger partial charge is 0.161 e. The van der Waals surface area contributed by atoms with Gasteiger partial charge in [0.25, 0.3) is 0 Å². The third-order valence-electron chi connectivity index (χ3n) is 4.59. The van der Waals surface area contributed by atoms with E-state index in [-0.39, 0.29) is 6.04 Å². The quantitative estimate of drug-likeness (QED) is 0.528. The minimum atomic E-state index is -0.125. The Balaban J connectivity index is 1.79. The van der Waals surface area contributed by atoms with Crippen LogP contribution in [0.25, 0.3) is 33.9 Å². The molecule has 24 heavy (non-hydrogen) atoms. The largest absolute Gasteiger partial charge is 0.429 e. The van der Waals surface area contributed by atoms with Gasteiger partial charge in [0.2, 0.25) is 0 Å². The molecule has 116 valence electrons. The molecule has 2 aromatic carbocycles. The molecule has 0 aromatic heterocycles. The third kappa shape index (κ3) is 1.73. The second-order valence-corrected chi connectivity index (χ2v) is 5.98. The Labute approximate surface area is 138 Å². The molecule has 2 heterocycles. The molecule has 1 aliphatic carbocycles. The highest BCUT2D eigenvalue weighted by Gasteiger charge is 2.29. The molecule has 1 unspecified atom stereocenters. The number of nitrogens with two attached hydrogens (primary N) is 1. The highest BCUT2D eigenvalue weighted by molar-refractivity contribution is 5.90. The zero-order valence-corrected chi connectivity index (χ0v) is 12.7. The summed E-state index contributed by atoms with van der Waals surface area (Å²) < 4.78 is 0.988. The minimum Gasteiger partial charge on any atom is -0.429 e. The Hall–Kier alpha value is -3.18. The van der Waals surface area contributed by atoms with E-state index in [4.69, 9.17) is 5.73 Å². The van der Waals surface area contributed by atoms with Gasteiger partial charge >= 0.3 is 0 Å². The molecule has 0 amide bonds. The van der Waals surface area contributed by atoms with Crippen molar-refractivity contribution in [2.45, 2.75) is 6.04 Å². The van der Waals surface area contributed by atoms with Crippen molar-refractivity contribution in [2.24, 2.45) is 5.73 Å². The number of hydrogen-bond acceptors (Lipinski definition) is 4. The van der Waals surface area contributed by atoms with Crippen LogP contribution in [0.4, 0.5) is 0 Å². The lowest BCUT2D eigenvalue weighted by Crippen LogP contribution is -2.07. The van der Waals surface area contributed by atoms with E-state index in [0.717, 1.165) is 38.2 Å². The van der Waals surface area contributed by atoms with E-state index >= 15 is 0 Å². The maximum Gasteiger partial charge on any atom is 0.161 e. The van der Waals surface area contributed by atoms with E-state index in [2.05, 4.69) is 28.2 Å². The molecule has 5 nitrogen and oxygen atoms in total. The van der Waals surface area contributed by atoms with Crippen LogP contribution in [0, 0.1) is 0 Å². The second-order valence-electron chi connectivity index (χ2n) is 5.98. The molecule has 0 fully saturated rings. The van der Waals surface area contributed by atoms with Gasteiger partial charge in [0.05, 0.1) is 17.9 Å². The fraction of sp³-hybridized carbons (Fsp3) is 0.0526. The number of fused-ring (bicyclic) bond motifs is 4. The van der Waals surface area contributed by atoms with Crippen LogP contribution in [0.2, 0.25) is 0 Å². The fourth-order valence-electron chi connectivity index (χ4n) is 3.50. The molecular weight excluding hydrogens is 300 g/mol. The van der Waals surface area contributed by atoms with Gasteiger partial charge < -0.3 is 10.9 Å². The van der Waals surface area contributed by atoms with E-state index in [0.29, 0.717) is 11.5 Å². The van der Waals surface area contributed by atoms with Crippen molar-refractivity contribution in [3.63, 3.8) is 0 Å².